The number of benzene rings is 1. The van der Waals surface area contributed by atoms with Gasteiger partial charge in [0.15, 0.2) is 5.82 Å². The minimum atomic E-state index is 0.710. The molecule has 0 saturated heterocycles. The molecule has 0 unspecified atom stereocenters. The van der Waals surface area contributed by atoms with Gasteiger partial charge in [-0.15, -0.1) is 0 Å². The maximum Gasteiger partial charge on any atom is 0.159 e. The van der Waals surface area contributed by atoms with E-state index in [9.17, 15) is 0 Å². The first-order valence-electron chi connectivity index (χ1n) is 6.99. The lowest BCUT2D eigenvalue weighted by atomic mass is 10.2. The zero-order chi connectivity index (χ0) is 14.5. The minimum absolute atomic E-state index is 0.710. The molecule has 0 radical (unpaired) electrons. The second kappa shape index (κ2) is 6.17. The van der Waals surface area contributed by atoms with Crippen molar-refractivity contribution in [2.75, 3.05) is 5.32 Å². The summed E-state index contributed by atoms with van der Waals surface area (Å²) in [6.45, 7) is 3.66. The molecule has 1 aromatic carbocycles. The van der Waals surface area contributed by atoms with E-state index in [1.54, 1.807) is 0 Å². The molecule has 2 aromatic heterocycles. The summed E-state index contributed by atoms with van der Waals surface area (Å²) in [5.41, 5.74) is 3.07. The summed E-state index contributed by atoms with van der Waals surface area (Å²) in [6.07, 6.45) is 5.43. The van der Waals surface area contributed by atoms with Gasteiger partial charge in [0, 0.05) is 18.3 Å². The lowest BCUT2D eigenvalue weighted by Gasteiger charge is -2.08. The normalized spacial score (nSPS) is 10.5. The van der Waals surface area contributed by atoms with Crippen LogP contribution in [-0.4, -0.2) is 19.7 Å². The van der Waals surface area contributed by atoms with Crippen LogP contribution in [0.5, 0.6) is 0 Å². The van der Waals surface area contributed by atoms with E-state index in [4.69, 9.17) is 0 Å². The number of hydrogen-bond donors (Lipinski definition) is 1. The van der Waals surface area contributed by atoms with Crippen molar-refractivity contribution in [3.63, 3.8) is 0 Å². The van der Waals surface area contributed by atoms with Crippen molar-refractivity contribution in [2.24, 2.45) is 0 Å². The summed E-state index contributed by atoms with van der Waals surface area (Å²) >= 11 is 0. The second-order valence-corrected chi connectivity index (χ2v) is 4.65. The predicted octanol–water partition coefficient (Wildman–Crippen LogP) is 2.97. The average molecular weight is 279 g/mol. The first-order valence-corrected chi connectivity index (χ1v) is 6.99. The molecule has 5 heteroatoms. The largest absolute Gasteiger partial charge is 0.377 e. The second-order valence-electron chi connectivity index (χ2n) is 4.65. The summed E-state index contributed by atoms with van der Waals surface area (Å²) in [5, 5.41) is 7.56. The quantitative estimate of drug-likeness (QED) is 0.780. The van der Waals surface area contributed by atoms with Crippen molar-refractivity contribution < 1.29 is 0 Å². The fraction of sp³-hybridized carbons (Fsp3) is 0.188. The molecular formula is C16H17N5. The Balaban J connectivity index is 1.68. The van der Waals surface area contributed by atoms with Crippen molar-refractivity contribution in [2.45, 2.75) is 20.0 Å². The first kappa shape index (κ1) is 13.3. The fourth-order valence-electron chi connectivity index (χ4n) is 2.14. The average Bonchev–Trinajstić information content (AvgIpc) is 3.02. The molecule has 0 atom stereocenters. The van der Waals surface area contributed by atoms with Crippen LogP contribution in [0.2, 0.25) is 0 Å². The molecule has 0 spiro atoms. The Morgan fingerprint density at radius 1 is 1.05 bits per heavy atom. The molecule has 0 bridgehead atoms. The summed E-state index contributed by atoms with van der Waals surface area (Å²) < 4.78 is 1.96. The van der Waals surface area contributed by atoms with Gasteiger partial charge in [-0.05, 0) is 13.0 Å². The van der Waals surface area contributed by atoms with E-state index in [-0.39, 0.29) is 0 Å². The molecule has 21 heavy (non-hydrogen) atoms. The Kier molecular flexibility index (Phi) is 3.91. The molecule has 0 fully saturated rings. The van der Waals surface area contributed by atoms with Crippen LogP contribution in [0.3, 0.4) is 0 Å². The number of aromatic nitrogens is 4. The highest BCUT2D eigenvalue weighted by atomic mass is 15.3. The van der Waals surface area contributed by atoms with Gasteiger partial charge >= 0.3 is 0 Å². The summed E-state index contributed by atoms with van der Waals surface area (Å²) in [7, 11) is 0. The van der Waals surface area contributed by atoms with E-state index < -0.39 is 0 Å². The molecule has 0 aliphatic rings. The van der Waals surface area contributed by atoms with Crippen molar-refractivity contribution in [3.8, 4) is 11.4 Å². The molecule has 3 aromatic rings. The Hall–Kier alpha value is -2.69. The van der Waals surface area contributed by atoms with Crippen LogP contribution in [0.1, 0.15) is 12.6 Å². The maximum absolute atomic E-state index is 4.40. The SMILES string of the molecule is CCn1nccc1CNc1cnc(-c2ccccc2)nc1. The molecule has 3 rings (SSSR count). The van der Waals surface area contributed by atoms with Crippen LogP contribution >= 0.6 is 0 Å². The van der Waals surface area contributed by atoms with Crippen molar-refractivity contribution >= 4 is 5.69 Å². The standard InChI is InChI=1S/C16H17N5/c1-2-21-15(8-9-20-21)12-17-14-10-18-16(19-11-14)13-6-4-3-5-7-13/h3-11,17H,2,12H2,1H3. The molecule has 0 aliphatic heterocycles. The summed E-state index contributed by atoms with van der Waals surface area (Å²) in [4.78, 5) is 8.79. The molecule has 2 heterocycles. The van der Waals surface area contributed by atoms with E-state index in [0.717, 1.165) is 29.3 Å². The van der Waals surface area contributed by atoms with Gasteiger partial charge in [-0.1, -0.05) is 30.3 Å². The fourth-order valence-corrected chi connectivity index (χ4v) is 2.14. The molecular weight excluding hydrogens is 262 g/mol. The Labute approximate surface area is 123 Å². The van der Waals surface area contributed by atoms with Gasteiger partial charge in [0.05, 0.1) is 30.3 Å². The molecule has 5 nitrogen and oxygen atoms in total. The topological polar surface area (TPSA) is 55.6 Å². The summed E-state index contributed by atoms with van der Waals surface area (Å²) in [5.74, 6) is 0.736. The van der Waals surface area contributed by atoms with Gasteiger partial charge in [-0.25, -0.2) is 9.97 Å². The zero-order valence-corrected chi connectivity index (χ0v) is 11.9. The lowest BCUT2D eigenvalue weighted by Crippen LogP contribution is -2.08. The van der Waals surface area contributed by atoms with Gasteiger partial charge in [0.25, 0.3) is 0 Å². The third-order valence-corrected chi connectivity index (χ3v) is 3.26. The zero-order valence-electron chi connectivity index (χ0n) is 11.9. The molecule has 0 aliphatic carbocycles. The van der Waals surface area contributed by atoms with E-state index in [1.807, 2.05) is 59.7 Å². The number of anilines is 1. The predicted molar refractivity (Wildman–Crippen MR) is 82.7 cm³/mol. The van der Waals surface area contributed by atoms with Crippen molar-refractivity contribution in [3.05, 3.63) is 60.7 Å². The first-order chi connectivity index (χ1) is 10.4. The van der Waals surface area contributed by atoms with Gasteiger partial charge < -0.3 is 5.32 Å². The van der Waals surface area contributed by atoms with Gasteiger partial charge in [-0.2, -0.15) is 5.10 Å². The molecule has 1 N–H and O–H groups in total. The van der Waals surface area contributed by atoms with E-state index in [2.05, 4.69) is 27.3 Å². The Morgan fingerprint density at radius 3 is 2.52 bits per heavy atom. The van der Waals surface area contributed by atoms with Crippen molar-refractivity contribution in [1.82, 2.24) is 19.7 Å². The van der Waals surface area contributed by atoms with Gasteiger partial charge in [0.1, 0.15) is 0 Å². The van der Waals surface area contributed by atoms with Crippen LogP contribution in [0, 0.1) is 0 Å². The minimum Gasteiger partial charge on any atom is -0.377 e. The lowest BCUT2D eigenvalue weighted by molar-refractivity contribution is 0.627. The smallest absolute Gasteiger partial charge is 0.159 e. The number of hydrogen-bond acceptors (Lipinski definition) is 4. The summed E-state index contributed by atoms with van der Waals surface area (Å²) in [6, 6.07) is 12.0. The molecule has 0 amide bonds. The Morgan fingerprint density at radius 2 is 1.81 bits per heavy atom. The van der Waals surface area contributed by atoms with Crippen LogP contribution in [0.15, 0.2) is 55.0 Å². The van der Waals surface area contributed by atoms with Crippen LogP contribution in [0.4, 0.5) is 5.69 Å². The monoisotopic (exact) mass is 279 g/mol. The highest BCUT2D eigenvalue weighted by Crippen LogP contribution is 2.15. The highest BCUT2D eigenvalue weighted by molar-refractivity contribution is 5.55. The van der Waals surface area contributed by atoms with Crippen LogP contribution in [0.25, 0.3) is 11.4 Å². The van der Waals surface area contributed by atoms with E-state index >= 15 is 0 Å². The number of aryl methyl sites for hydroxylation is 1. The van der Waals surface area contributed by atoms with Crippen molar-refractivity contribution in [1.29, 1.82) is 0 Å². The van der Waals surface area contributed by atoms with Gasteiger partial charge in [0.2, 0.25) is 0 Å². The third-order valence-electron chi connectivity index (χ3n) is 3.26. The number of rotatable bonds is 5. The molecule has 0 saturated carbocycles. The van der Waals surface area contributed by atoms with Gasteiger partial charge in [-0.3, -0.25) is 4.68 Å². The maximum atomic E-state index is 4.40. The van der Waals surface area contributed by atoms with E-state index in [1.165, 1.54) is 0 Å². The third kappa shape index (κ3) is 3.08. The Bertz CT molecular complexity index is 688. The van der Waals surface area contributed by atoms with Crippen LogP contribution < -0.4 is 5.32 Å². The molecule has 106 valence electrons. The number of nitrogens with one attached hydrogen (secondary N) is 1. The highest BCUT2D eigenvalue weighted by Gasteiger charge is 2.02. The number of nitrogens with zero attached hydrogens (tertiary/aromatic N) is 4. The van der Waals surface area contributed by atoms with Crippen LogP contribution in [-0.2, 0) is 13.1 Å². The van der Waals surface area contributed by atoms with E-state index in [0.29, 0.717) is 6.54 Å².